The van der Waals surface area contributed by atoms with Crippen LogP contribution in [0.25, 0.3) is 0 Å². The lowest BCUT2D eigenvalue weighted by atomic mass is 9.80. The van der Waals surface area contributed by atoms with Gasteiger partial charge in [0.2, 0.25) is 0 Å². The summed E-state index contributed by atoms with van der Waals surface area (Å²) < 4.78 is 26.7. The van der Waals surface area contributed by atoms with Crippen molar-refractivity contribution in [3.63, 3.8) is 0 Å². The average Bonchev–Trinajstić information content (AvgIpc) is 2.74. The third kappa shape index (κ3) is 13.2. The topological polar surface area (TPSA) is 83.5 Å². The molecule has 1 aromatic rings. The Morgan fingerprint density at radius 1 is 0.906 bits per heavy atom. The van der Waals surface area contributed by atoms with Crippen LogP contribution in [-0.2, 0) is 29.2 Å². The molecule has 1 rings (SSSR count). The molecular weight excluding hydrogens is 436 g/mol. The molecule has 0 fully saturated rings. The van der Waals surface area contributed by atoms with E-state index < -0.39 is 5.97 Å². The van der Waals surface area contributed by atoms with Crippen LogP contribution in [0.1, 0.15) is 52.0 Å². The molecule has 0 spiro atoms. The SMILES string of the molecule is CCCCCC(C)(C)c1ccc(OCCOCCOCCOCCOCC(=O)O)c(Cl)c1. The van der Waals surface area contributed by atoms with E-state index in [-0.39, 0.29) is 18.6 Å². The minimum Gasteiger partial charge on any atom is -0.490 e. The van der Waals surface area contributed by atoms with E-state index in [1.165, 1.54) is 24.8 Å². The fraction of sp³-hybridized carbons (Fsp3) is 0.708. The van der Waals surface area contributed by atoms with E-state index in [0.29, 0.717) is 57.0 Å². The number of unbranched alkanes of at least 4 members (excludes halogenated alkanes) is 2. The van der Waals surface area contributed by atoms with E-state index in [4.69, 9.17) is 40.4 Å². The van der Waals surface area contributed by atoms with Crippen molar-refractivity contribution >= 4 is 17.6 Å². The lowest BCUT2D eigenvalue weighted by molar-refractivity contribution is -0.142. The first-order chi connectivity index (χ1) is 15.4. The number of carboxylic acids is 1. The maximum atomic E-state index is 10.3. The van der Waals surface area contributed by atoms with Gasteiger partial charge in [0.1, 0.15) is 19.0 Å². The van der Waals surface area contributed by atoms with Gasteiger partial charge < -0.3 is 28.8 Å². The van der Waals surface area contributed by atoms with E-state index in [1.54, 1.807) is 0 Å². The fourth-order valence-electron chi connectivity index (χ4n) is 3.03. The molecule has 0 amide bonds. The van der Waals surface area contributed by atoms with Crippen molar-refractivity contribution in [3.05, 3.63) is 28.8 Å². The first kappa shape index (κ1) is 28.7. The highest BCUT2D eigenvalue weighted by Gasteiger charge is 2.21. The zero-order valence-corrected chi connectivity index (χ0v) is 20.5. The molecule has 0 aliphatic rings. The normalized spacial score (nSPS) is 11.6. The van der Waals surface area contributed by atoms with Crippen molar-refractivity contribution < 1.29 is 33.6 Å². The van der Waals surface area contributed by atoms with Gasteiger partial charge in [0, 0.05) is 0 Å². The van der Waals surface area contributed by atoms with Crippen molar-refractivity contribution in [1.82, 2.24) is 0 Å². The number of carboxylic acid groups (broad SMARTS) is 1. The zero-order valence-electron chi connectivity index (χ0n) is 19.7. The second-order valence-electron chi connectivity index (χ2n) is 8.12. The average molecular weight is 475 g/mol. The molecule has 0 bridgehead atoms. The molecule has 1 N–H and O–H groups in total. The van der Waals surface area contributed by atoms with Crippen molar-refractivity contribution in [2.24, 2.45) is 0 Å². The lowest BCUT2D eigenvalue weighted by Crippen LogP contribution is -2.17. The molecule has 0 saturated heterocycles. The minimum atomic E-state index is -0.989. The number of aliphatic carboxylic acids is 1. The standard InChI is InChI=1S/C24H39ClO7/c1-4-5-6-9-24(2,3)20-7-8-22(21(25)18-20)32-17-16-30-13-12-28-10-11-29-14-15-31-19-23(26)27/h7-8,18H,4-6,9-17,19H2,1-3H3,(H,26,27). The van der Waals surface area contributed by atoms with Crippen LogP contribution in [0.3, 0.4) is 0 Å². The summed E-state index contributed by atoms with van der Waals surface area (Å²) in [6.45, 7) is 9.65. The molecule has 0 heterocycles. The quantitative estimate of drug-likeness (QED) is 0.273. The lowest BCUT2D eigenvalue weighted by Gasteiger charge is -2.26. The van der Waals surface area contributed by atoms with Crippen LogP contribution in [0, 0.1) is 0 Å². The van der Waals surface area contributed by atoms with E-state index in [1.807, 2.05) is 12.1 Å². The van der Waals surface area contributed by atoms with E-state index >= 15 is 0 Å². The molecule has 7 nitrogen and oxygen atoms in total. The summed E-state index contributed by atoms with van der Waals surface area (Å²) in [5, 5.41) is 9.04. The molecule has 1 aromatic carbocycles. The van der Waals surface area contributed by atoms with Gasteiger partial charge in [-0.15, -0.1) is 0 Å². The van der Waals surface area contributed by atoms with Gasteiger partial charge in [0.15, 0.2) is 0 Å². The number of carbonyl (C=O) groups is 1. The molecule has 0 saturated carbocycles. The predicted octanol–water partition coefficient (Wildman–Crippen LogP) is 4.73. The Morgan fingerprint density at radius 2 is 1.47 bits per heavy atom. The molecule has 0 aromatic heterocycles. The molecule has 0 radical (unpaired) electrons. The van der Waals surface area contributed by atoms with E-state index in [0.717, 1.165) is 6.42 Å². The van der Waals surface area contributed by atoms with Gasteiger partial charge in [-0.3, -0.25) is 0 Å². The molecule has 0 aliphatic heterocycles. The van der Waals surface area contributed by atoms with E-state index in [9.17, 15) is 4.79 Å². The van der Waals surface area contributed by atoms with Gasteiger partial charge in [-0.25, -0.2) is 4.79 Å². The van der Waals surface area contributed by atoms with Crippen molar-refractivity contribution in [2.45, 2.75) is 51.9 Å². The summed E-state index contributed by atoms with van der Waals surface area (Å²) >= 11 is 6.43. The summed E-state index contributed by atoms with van der Waals surface area (Å²) in [6, 6.07) is 6.05. The third-order valence-electron chi connectivity index (χ3n) is 4.95. The van der Waals surface area contributed by atoms with E-state index in [2.05, 4.69) is 26.8 Å². The highest BCUT2D eigenvalue weighted by atomic mass is 35.5. The van der Waals surface area contributed by atoms with Crippen LogP contribution in [-0.4, -0.2) is 70.5 Å². The molecule has 184 valence electrons. The molecule has 0 unspecified atom stereocenters. The first-order valence-corrected chi connectivity index (χ1v) is 11.7. The number of rotatable bonds is 20. The monoisotopic (exact) mass is 474 g/mol. The maximum Gasteiger partial charge on any atom is 0.329 e. The molecule has 8 heteroatoms. The van der Waals surface area contributed by atoms with Crippen molar-refractivity contribution in [2.75, 3.05) is 59.5 Å². The fourth-order valence-corrected chi connectivity index (χ4v) is 3.27. The minimum absolute atomic E-state index is 0.0968. The summed E-state index contributed by atoms with van der Waals surface area (Å²) in [6.07, 6.45) is 4.83. The third-order valence-corrected chi connectivity index (χ3v) is 5.24. The summed E-state index contributed by atoms with van der Waals surface area (Å²) in [5.74, 6) is -0.318. The summed E-state index contributed by atoms with van der Waals surface area (Å²) in [7, 11) is 0. The Balaban J connectivity index is 2.08. The Hall–Kier alpha value is -1.38. The zero-order chi connectivity index (χ0) is 23.7. The highest BCUT2D eigenvalue weighted by Crippen LogP contribution is 2.34. The second-order valence-corrected chi connectivity index (χ2v) is 8.53. The van der Waals surface area contributed by atoms with Gasteiger partial charge in [-0.05, 0) is 29.5 Å². The number of halogens is 1. The van der Waals surface area contributed by atoms with Gasteiger partial charge in [-0.1, -0.05) is 57.7 Å². The highest BCUT2D eigenvalue weighted by molar-refractivity contribution is 6.32. The Kier molecular flexibility index (Phi) is 15.3. The van der Waals surface area contributed by atoms with Crippen LogP contribution in [0.2, 0.25) is 5.02 Å². The number of hydrogen-bond donors (Lipinski definition) is 1. The Morgan fingerprint density at radius 3 is 2.00 bits per heavy atom. The van der Waals surface area contributed by atoms with Crippen LogP contribution in [0.15, 0.2) is 18.2 Å². The Bertz CT molecular complexity index is 637. The van der Waals surface area contributed by atoms with Crippen LogP contribution in [0.5, 0.6) is 5.75 Å². The second kappa shape index (κ2) is 17.1. The van der Waals surface area contributed by atoms with Gasteiger partial charge in [0.05, 0.1) is 51.3 Å². The number of hydrogen-bond acceptors (Lipinski definition) is 6. The molecular formula is C24H39ClO7. The molecule has 0 aliphatic carbocycles. The van der Waals surface area contributed by atoms with Crippen LogP contribution in [0.4, 0.5) is 0 Å². The number of ether oxygens (including phenoxy) is 5. The summed E-state index contributed by atoms with van der Waals surface area (Å²) in [4.78, 5) is 10.3. The smallest absolute Gasteiger partial charge is 0.329 e. The van der Waals surface area contributed by atoms with Crippen molar-refractivity contribution in [3.8, 4) is 5.75 Å². The van der Waals surface area contributed by atoms with Crippen LogP contribution >= 0.6 is 11.6 Å². The Labute approximate surface area is 197 Å². The predicted molar refractivity (Wildman–Crippen MR) is 125 cm³/mol. The first-order valence-electron chi connectivity index (χ1n) is 11.3. The largest absolute Gasteiger partial charge is 0.490 e. The number of benzene rings is 1. The maximum absolute atomic E-state index is 10.3. The van der Waals surface area contributed by atoms with Gasteiger partial charge >= 0.3 is 5.97 Å². The summed E-state index contributed by atoms with van der Waals surface area (Å²) in [5.41, 5.74) is 1.33. The van der Waals surface area contributed by atoms with Crippen LogP contribution < -0.4 is 4.74 Å². The van der Waals surface area contributed by atoms with Gasteiger partial charge in [-0.2, -0.15) is 0 Å². The van der Waals surface area contributed by atoms with Crippen molar-refractivity contribution in [1.29, 1.82) is 0 Å². The molecule has 32 heavy (non-hydrogen) atoms. The van der Waals surface area contributed by atoms with Gasteiger partial charge in [0.25, 0.3) is 0 Å². The molecule has 0 atom stereocenters.